The maximum absolute atomic E-state index is 11.4. The van der Waals surface area contributed by atoms with Crippen LogP contribution in [0.5, 0.6) is 0 Å². The van der Waals surface area contributed by atoms with Gasteiger partial charge >= 0.3 is 18.0 Å². The van der Waals surface area contributed by atoms with Gasteiger partial charge in [-0.2, -0.15) is 5.10 Å². The van der Waals surface area contributed by atoms with E-state index in [1.54, 1.807) is 6.20 Å². The number of nitrogens with one attached hydrogen (secondary N) is 3. The van der Waals surface area contributed by atoms with Crippen molar-refractivity contribution in [1.82, 2.24) is 20.8 Å². The minimum Gasteiger partial charge on any atom is -0.481 e. The molecule has 0 saturated heterocycles. The van der Waals surface area contributed by atoms with Gasteiger partial charge in [-0.1, -0.05) is 0 Å². The first-order valence-corrected chi connectivity index (χ1v) is 5.45. The summed E-state index contributed by atoms with van der Waals surface area (Å²) in [4.78, 5) is 32.6. The molecule has 0 aliphatic rings. The standard InChI is InChI=1S/C10H14N4O5/c15-8(16)2-1-7(9(17)18)14-10(19)11-3-6-4-12-13-5-6/h4-5,7H,1-3H2,(H,12,13)(H,15,16)(H,17,18)(H2,11,14,19)/t7-/m0/s1. The molecule has 1 aromatic heterocycles. The van der Waals surface area contributed by atoms with Crippen LogP contribution in [0.15, 0.2) is 12.4 Å². The molecule has 9 heteroatoms. The van der Waals surface area contributed by atoms with Crippen LogP contribution in [0.3, 0.4) is 0 Å². The Labute approximate surface area is 108 Å². The van der Waals surface area contributed by atoms with Gasteiger partial charge in [-0.25, -0.2) is 9.59 Å². The van der Waals surface area contributed by atoms with Gasteiger partial charge in [-0.3, -0.25) is 9.89 Å². The van der Waals surface area contributed by atoms with E-state index >= 15 is 0 Å². The van der Waals surface area contributed by atoms with E-state index in [0.29, 0.717) is 0 Å². The largest absolute Gasteiger partial charge is 0.481 e. The summed E-state index contributed by atoms with van der Waals surface area (Å²) in [6.07, 6.45) is 2.58. The second kappa shape index (κ2) is 6.99. The summed E-state index contributed by atoms with van der Waals surface area (Å²) < 4.78 is 0. The molecule has 0 spiro atoms. The second-order valence-corrected chi connectivity index (χ2v) is 3.76. The highest BCUT2D eigenvalue weighted by molar-refractivity contribution is 5.82. The summed E-state index contributed by atoms with van der Waals surface area (Å²) in [7, 11) is 0. The lowest BCUT2D eigenvalue weighted by Crippen LogP contribution is -2.45. The van der Waals surface area contributed by atoms with Crippen LogP contribution in [0.25, 0.3) is 0 Å². The van der Waals surface area contributed by atoms with Crippen molar-refractivity contribution in [3.63, 3.8) is 0 Å². The lowest BCUT2D eigenvalue weighted by atomic mass is 10.1. The minimum atomic E-state index is -1.28. The monoisotopic (exact) mass is 270 g/mol. The molecule has 1 rings (SSSR count). The van der Waals surface area contributed by atoms with E-state index in [-0.39, 0.29) is 19.4 Å². The third-order valence-corrected chi connectivity index (χ3v) is 2.26. The van der Waals surface area contributed by atoms with Gasteiger partial charge < -0.3 is 20.8 Å². The number of H-pyrrole nitrogens is 1. The number of carbonyl (C=O) groups is 3. The number of aromatic nitrogens is 2. The predicted molar refractivity (Wildman–Crippen MR) is 62.3 cm³/mol. The first-order valence-electron chi connectivity index (χ1n) is 5.45. The normalized spacial score (nSPS) is 11.6. The van der Waals surface area contributed by atoms with Gasteiger partial charge in [0.15, 0.2) is 0 Å². The summed E-state index contributed by atoms with van der Waals surface area (Å²) >= 11 is 0. The highest BCUT2D eigenvalue weighted by atomic mass is 16.4. The van der Waals surface area contributed by atoms with E-state index < -0.39 is 24.0 Å². The van der Waals surface area contributed by atoms with Crippen molar-refractivity contribution in [3.8, 4) is 0 Å². The molecule has 0 radical (unpaired) electrons. The third-order valence-electron chi connectivity index (χ3n) is 2.26. The van der Waals surface area contributed by atoms with E-state index in [2.05, 4.69) is 20.8 Å². The Bertz CT molecular complexity index is 445. The maximum atomic E-state index is 11.4. The number of hydrogen-bond acceptors (Lipinski definition) is 4. The van der Waals surface area contributed by atoms with Gasteiger partial charge in [-0.05, 0) is 6.42 Å². The lowest BCUT2D eigenvalue weighted by molar-refractivity contribution is -0.140. The molecule has 0 saturated carbocycles. The van der Waals surface area contributed by atoms with Crippen LogP contribution in [0.1, 0.15) is 18.4 Å². The summed E-state index contributed by atoms with van der Waals surface area (Å²) in [6, 6.07) is -1.92. The van der Waals surface area contributed by atoms with E-state index in [1.165, 1.54) is 6.20 Å². The van der Waals surface area contributed by atoms with E-state index in [9.17, 15) is 14.4 Å². The molecule has 1 heterocycles. The van der Waals surface area contributed by atoms with Crippen LogP contribution in [-0.2, 0) is 16.1 Å². The zero-order valence-corrected chi connectivity index (χ0v) is 9.92. The predicted octanol–water partition coefficient (Wildman–Crippen LogP) is -0.473. The van der Waals surface area contributed by atoms with Gasteiger partial charge in [0.05, 0.1) is 6.20 Å². The first kappa shape index (κ1) is 14.5. The Morgan fingerprint density at radius 2 is 2.11 bits per heavy atom. The lowest BCUT2D eigenvalue weighted by Gasteiger charge is -2.13. The second-order valence-electron chi connectivity index (χ2n) is 3.76. The van der Waals surface area contributed by atoms with Gasteiger partial charge in [-0.15, -0.1) is 0 Å². The van der Waals surface area contributed by atoms with Crippen molar-refractivity contribution >= 4 is 18.0 Å². The molecule has 1 aromatic rings. The number of aromatic amines is 1. The fraction of sp³-hybridized carbons (Fsp3) is 0.400. The number of carboxylic acid groups (broad SMARTS) is 2. The van der Waals surface area contributed by atoms with Crippen molar-refractivity contribution in [2.45, 2.75) is 25.4 Å². The average Bonchev–Trinajstić information content (AvgIpc) is 2.84. The summed E-state index contributed by atoms with van der Waals surface area (Å²) in [6.45, 7) is 0.188. The van der Waals surface area contributed by atoms with Crippen molar-refractivity contribution in [2.24, 2.45) is 0 Å². The molecule has 1 atom stereocenters. The quantitative estimate of drug-likeness (QED) is 0.453. The number of hydrogen-bond donors (Lipinski definition) is 5. The van der Waals surface area contributed by atoms with Crippen LogP contribution in [0, 0.1) is 0 Å². The van der Waals surface area contributed by atoms with E-state index in [4.69, 9.17) is 10.2 Å². The minimum absolute atomic E-state index is 0.177. The third kappa shape index (κ3) is 5.52. The van der Waals surface area contributed by atoms with Crippen LogP contribution < -0.4 is 10.6 Å². The number of amides is 2. The first-order chi connectivity index (χ1) is 8.99. The van der Waals surface area contributed by atoms with E-state index in [0.717, 1.165) is 5.56 Å². The number of carboxylic acids is 2. The maximum Gasteiger partial charge on any atom is 0.326 e. The van der Waals surface area contributed by atoms with E-state index in [1.807, 2.05) is 0 Å². The highest BCUT2D eigenvalue weighted by Crippen LogP contribution is 1.98. The van der Waals surface area contributed by atoms with Crippen LogP contribution in [0.2, 0.25) is 0 Å². The molecule has 0 fully saturated rings. The summed E-state index contributed by atoms with van der Waals surface area (Å²) in [5, 5.41) is 28.2. The van der Waals surface area contributed by atoms with Gasteiger partial charge in [0.1, 0.15) is 6.04 Å². The Kier molecular flexibility index (Phi) is 5.33. The van der Waals surface area contributed by atoms with Crippen LogP contribution in [-0.4, -0.2) is 44.4 Å². The van der Waals surface area contributed by atoms with Crippen molar-refractivity contribution in [3.05, 3.63) is 18.0 Å². The number of carbonyl (C=O) groups excluding carboxylic acids is 1. The molecular weight excluding hydrogens is 256 g/mol. The Morgan fingerprint density at radius 3 is 2.63 bits per heavy atom. The van der Waals surface area contributed by atoms with Gasteiger partial charge in [0.25, 0.3) is 0 Å². The van der Waals surface area contributed by atoms with Crippen LogP contribution >= 0.6 is 0 Å². The number of rotatable bonds is 7. The Hall–Kier alpha value is -2.58. The van der Waals surface area contributed by atoms with Crippen molar-refractivity contribution in [1.29, 1.82) is 0 Å². The molecule has 104 valence electrons. The zero-order chi connectivity index (χ0) is 14.3. The molecule has 9 nitrogen and oxygen atoms in total. The summed E-state index contributed by atoms with van der Waals surface area (Å²) in [5.74, 6) is -2.40. The molecule has 0 unspecified atom stereocenters. The molecular formula is C10H14N4O5. The fourth-order valence-corrected chi connectivity index (χ4v) is 1.29. The van der Waals surface area contributed by atoms with Crippen molar-refractivity contribution < 1.29 is 24.6 Å². The molecule has 19 heavy (non-hydrogen) atoms. The van der Waals surface area contributed by atoms with Gasteiger partial charge in [0.2, 0.25) is 0 Å². The molecule has 5 N–H and O–H groups in total. The molecule has 0 bridgehead atoms. The van der Waals surface area contributed by atoms with Crippen molar-refractivity contribution in [2.75, 3.05) is 0 Å². The number of urea groups is 1. The SMILES string of the molecule is O=C(O)CC[C@H](NC(=O)NCc1cn[nH]c1)C(=O)O. The molecule has 0 aliphatic carbocycles. The fourth-order valence-electron chi connectivity index (χ4n) is 1.29. The average molecular weight is 270 g/mol. The highest BCUT2D eigenvalue weighted by Gasteiger charge is 2.20. The van der Waals surface area contributed by atoms with Crippen LogP contribution in [0.4, 0.5) is 4.79 Å². The Morgan fingerprint density at radius 1 is 1.37 bits per heavy atom. The molecule has 0 aromatic carbocycles. The number of nitrogens with zero attached hydrogens (tertiary/aromatic N) is 1. The molecule has 0 aliphatic heterocycles. The number of aliphatic carboxylic acids is 2. The van der Waals surface area contributed by atoms with Gasteiger partial charge in [0, 0.05) is 24.7 Å². The zero-order valence-electron chi connectivity index (χ0n) is 9.92. The molecule has 2 amide bonds. The smallest absolute Gasteiger partial charge is 0.326 e. The summed E-state index contributed by atoms with van der Waals surface area (Å²) in [5.41, 5.74) is 0.729. The Balaban J connectivity index is 2.38. The topological polar surface area (TPSA) is 144 Å².